The number of pyridine rings is 1. The van der Waals surface area contributed by atoms with Gasteiger partial charge in [-0.05, 0) is 38.2 Å². The van der Waals surface area contributed by atoms with Gasteiger partial charge in [-0.2, -0.15) is 0 Å². The molecule has 1 aromatic rings. The standard InChI is InChI=1S/C18H25ClN4O2/c19-15-12-14(18(25)23-8-2-1-3-9-23)13-21-17(15)20-7-5-11-22-10-4-6-16(22)24/h12-13H,1-11H2,(H,20,21). The van der Waals surface area contributed by atoms with Gasteiger partial charge < -0.3 is 15.1 Å². The van der Waals surface area contributed by atoms with Crippen LogP contribution in [0.4, 0.5) is 5.82 Å². The first kappa shape index (κ1) is 18.0. The maximum absolute atomic E-state index is 12.5. The second-order valence-corrected chi connectivity index (χ2v) is 7.08. The summed E-state index contributed by atoms with van der Waals surface area (Å²) in [4.78, 5) is 32.1. The first-order chi connectivity index (χ1) is 12.1. The quantitative estimate of drug-likeness (QED) is 0.788. The van der Waals surface area contributed by atoms with E-state index in [4.69, 9.17) is 11.6 Å². The molecule has 0 aliphatic carbocycles. The van der Waals surface area contributed by atoms with Crippen molar-refractivity contribution in [3.05, 3.63) is 22.8 Å². The number of carbonyl (C=O) groups is 2. The van der Waals surface area contributed by atoms with Crippen LogP contribution >= 0.6 is 11.6 Å². The fourth-order valence-corrected chi connectivity index (χ4v) is 3.61. The summed E-state index contributed by atoms with van der Waals surface area (Å²) in [7, 11) is 0. The van der Waals surface area contributed by atoms with E-state index in [1.54, 1.807) is 12.3 Å². The molecule has 2 aliphatic heterocycles. The smallest absolute Gasteiger partial charge is 0.255 e. The molecule has 136 valence electrons. The van der Waals surface area contributed by atoms with Gasteiger partial charge in [0.05, 0.1) is 10.6 Å². The zero-order valence-corrected chi connectivity index (χ0v) is 15.2. The first-order valence-corrected chi connectivity index (χ1v) is 9.49. The molecule has 0 aromatic carbocycles. The number of rotatable bonds is 6. The van der Waals surface area contributed by atoms with Crippen LogP contribution in [0.25, 0.3) is 0 Å². The molecular weight excluding hydrogens is 340 g/mol. The Morgan fingerprint density at radius 1 is 1.20 bits per heavy atom. The van der Waals surface area contributed by atoms with Gasteiger partial charge in [0, 0.05) is 45.3 Å². The average Bonchev–Trinajstić information content (AvgIpc) is 3.05. The van der Waals surface area contributed by atoms with E-state index in [9.17, 15) is 9.59 Å². The van der Waals surface area contributed by atoms with Crippen LogP contribution in [0, 0.1) is 0 Å². The van der Waals surface area contributed by atoms with Gasteiger partial charge in [-0.15, -0.1) is 0 Å². The Morgan fingerprint density at radius 3 is 2.68 bits per heavy atom. The lowest BCUT2D eigenvalue weighted by Gasteiger charge is -2.26. The van der Waals surface area contributed by atoms with Crippen LogP contribution in [-0.2, 0) is 4.79 Å². The van der Waals surface area contributed by atoms with Gasteiger partial charge in [0.1, 0.15) is 5.82 Å². The number of hydrogen-bond acceptors (Lipinski definition) is 4. The van der Waals surface area contributed by atoms with Crippen molar-refractivity contribution in [2.75, 3.05) is 38.0 Å². The minimum atomic E-state index is 0.00759. The van der Waals surface area contributed by atoms with Crippen molar-refractivity contribution in [3.63, 3.8) is 0 Å². The molecule has 3 heterocycles. The summed E-state index contributed by atoms with van der Waals surface area (Å²) >= 11 is 6.28. The second-order valence-electron chi connectivity index (χ2n) is 6.67. The van der Waals surface area contributed by atoms with Gasteiger partial charge in [-0.1, -0.05) is 11.6 Å². The van der Waals surface area contributed by atoms with E-state index in [1.165, 1.54) is 6.42 Å². The molecule has 1 aromatic heterocycles. The molecule has 2 saturated heterocycles. The predicted molar refractivity (Wildman–Crippen MR) is 97.9 cm³/mol. The van der Waals surface area contributed by atoms with E-state index in [0.29, 0.717) is 29.4 Å². The number of likely N-dealkylation sites (tertiary alicyclic amines) is 2. The van der Waals surface area contributed by atoms with Crippen LogP contribution in [0.2, 0.25) is 5.02 Å². The number of carbonyl (C=O) groups excluding carboxylic acids is 2. The number of piperidine rings is 1. The van der Waals surface area contributed by atoms with Gasteiger partial charge in [0.25, 0.3) is 5.91 Å². The largest absolute Gasteiger partial charge is 0.369 e. The minimum absolute atomic E-state index is 0.00759. The summed E-state index contributed by atoms with van der Waals surface area (Å²) in [5.41, 5.74) is 0.542. The highest BCUT2D eigenvalue weighted by Gasteiger charge is 2.20. The van der Waals surface area contributed by atoms with Crippen LogP contribution < -0.4 is 5.32 Å². The van der Waals surface area contributed by atoms with E-state index in [1.807, 2.05) is 9.80 Å². The van der Waals surface area contributed by atoms with Crippen LogP contribution in [-0.4, -0.2) is 59.3 Å². The highest BCUT2D eigenvalue weighted by molar-refractivity contribution is 6.33. The molecule has 2 fully saturated rings. The van der Waals surface area contributed by atoms with E-state index in [2.05, 4.69) is 10.3 Å². The number of halogens is 1. The lowest BCUT2D eigenvalue weighted by atomic mass is 10.1. The number of aromatic nitrogens is 1. The zero-order chi connectivity index (χ0) is 17.6. The molecule has 1 N–H and O–H groups in total. The summed E-state index contributed by atoms with van der Waals surface area (Å²) < 4.78 is 0. The van der Waals surface area contributed by atoms with Crippen LogP contribution in [0.1, 0.15) is 48.9 Å². The molecule has 0 atom stereocenters. The average molecular weight is 365 g/mol. The topological polar surface area (TPSA) is 65.5 Å². The highest BCUT2D eigenvalue weighted by Crippen LogP contribution is 2.22. The van der Waals surface area contributed by atoms with E-state index in [0.717, 1.165) is 51.9 Å². The maximum atomic E-state index is 12.5. The van der Waals surface area contributed by atoms with Crippen molar-refractivity contribution in [1.29, 1.82) is 0 Å². The Labute approximate surface area is 153 Å². The Balaban J connectivity index is 1.49. The van der Waals surface area contributed by atoms with Crippen molar-refractivity contribution < 1.29 is 9.59 Å². The molecule has 0 unspecified atom stereocenters. The normalized spacial score (nSPS) is 17.9. The van der Waals surface area contributed by atoms with Crippen molar-refractivity contribution in [1.82, 2.24) is 14.8 Å². The summed E-state index contributed by atoms with van der Waals surface area (Å²) in [6, 6.07) is 1.69. The number of hydrogen-bond donors (Lipinski definition) is 1. The SMILES string of the molecule is O=C1CCCN1CCCNc1ncc(C(=O)N2CCCCC2)cc1Cl. The molecule has 0 spiro atoms. The molecule has 0 radical (unpaired) electrons. The summed E-state index contributed by atoms with van der Waals surface area (Å²) in [6.45, 7) is 3.94. The summed E-state index contributed by atoms with van der Waals surface area (Å²) in [5.74, 6) is 0.842. The van der Waals surface area contributed by atoms with E-state index >= 15 is 0 Å². The Kier molecular flexibility index (Phi) is 6.13. The van der Waals surface area contributed by atoms with Gasteiger partial charge in [0.2, 0.25) is 5.91 Å². The van der Waals surface area contributed by atoms with Crippen LogP contribution in [0.3, 0.4) is 0 Å². The summed E-state index contributed by atoms with van der Waals surface area (Å²) in [5, 5.41) is 3.65. The Morgan fingerprint density at radius 2 is 2.00 bits per heavy atom. The predicted octanol–water partition coefficient (Wildman–Crippen LogP) is 2.79. The lowest BCUT2D eigenvalue weighted by molar-refractivity contribution is -0.127. The minimum Gasteiger partial charge on any atom is -0.369 e. The second kappa shape index (κ2) is 8.52. The molecule has 25 heavy (non-hydrogen) atoms. The van der Waals surface area contributed by atoms with Gasteiger partial charge in [-0.25, -0.2) is 4.98 Å². The summed E-state index contributed by atoms with van der Waals surface area (Å²) in [6.07, 6.45) is 7.39. The number of nitrogens with one attached hydrogen (secondary N) is 1. The monoisotopic (exact) mass is 364 g/mol. The fourth-order valence-electron chi connectivity index (χ4n) is 3.38. The molecule has 2 aliphatic rings. The molecular formula is C18H25ClN4O2. The highest BCUT2D eigenvalue weighted by atomic mass is 35.5. The molecule has 0 bridgehead atoms. The van der Waals surface area contributed by atoms with Gasteiger partial charge in [0.15, 0.2) is 0 Å². The lowest BCUT2D eigenvalue weighted by Crippen LogP contribution is -2.35. The maximum Gasteiger partial charge on any atom is 0.255 e. The third-order valence-electron chi connectivity index (χ3n) is 4.80. The fraction of sp³-hybridized carbons (Fsp3) is 0.611. The molecule has 0 saturated carbocycles. The van der Waals surface area contributed by atoms with Crippen molar-refractivity contribution in [2.24, 2.45) is 0 Å². The molecule has 7 heteroatoms. The van der Waals surface area contributed by atoms with Crippen LogP contribution in [0.5, 0.6) is 0 Å². The molecule has 6 nitrogen and oxygen atoms in total. The third-order valence-corrected chi connectivity index (χ3v) is 5.09. The third kappa shape index (κ3) is 4.63. The van der Waals surface area contributed by atoms with E-state index in [-0.39, 0.29) is 11.8 Å². The number of amides is 2. The van der Waals surface area contributed by atoms with Crippen LogP contribution in [0.15, 0.2) is 12.3 Å². The molecule has 3 rings (SSSR count). The zero-order valence-electron chi connectivity index (χ0n) is 14.5. The van der Waals surface area contributed by atoms with Gasteiger partial charge in [-0.3, -0.25) is 9.59 Å². The Hall–Kier alpha value is -1.82. The van der Waals surface area contributed by atoms with Crippen molar-refractivity contribution in [3.8, 4) is 0 Å². The number of anilines is 1. The van der Waals surface area contributed by atoms with E-state index < -0.39 is 0 Å². The first-order valence-electron chi connectivity index (χ1n) is 9.11. The Bertz CT molecular complexity index is 632. The van der Waals surface area contributed by atoms with Crippen molar-refractivity contribution in [2.45, 2.75) is 38.5 Å². The number of nitrogens with zero attached hydrogens (tertiary/aromatic N) is 3. The van der Waals surface area contributed by atoms with Gasteiger partial charge >= 0.3 is 0 Å². The molecule has 2 amide bonds. The van der Waals surface area contributed by atoms with Crippen molar-refractivity contribution >= 4 is 29.2 Å².